The van der Waals surface area contributed by atoms with Crippen molar-refractivity contribution in [2.24, 2.45) is 0 Å². The van der Waals surface area contributed by atoms with E-state index in [1.54, 1.807) is 11.8 Å². The zero-order valence-corrected chi connectivity index (χ0v) is 10.3. The van der Waals surface area contributed by atoms with Gasteiger partial charge in [0.25, 0.3) is 0 Å². The number of aromatic nitrogens is 2. The van der Waals surface area contributed by atoms with Crippen molar-refractivity contribution in [2.75, 3.05) is 5.88 Å². The van der Waals surface area contributed by atoms with Crippen molar-refractivity contribution in [3.63, 3.8) is 0 Å². The molecule has 0 N–H and O–H groups in total. The maximum absolute atomic E-state index is 5.71. The van der Waals surface area contributed by atoms with Crippen LogP contribution >= 0.6 is 34.9 Å². The summed E-state index contributed by atoms with van der Waals surface area (Å²) in [5.74, 6) is 2.01. The minimum absolute atomic E-state index is 0.412. The lowest BCUT2D eigenvalue weighted by Gasteiger charge is -2.01. The largest absolute Gasteiger partial charge is 0.213 e. The van der Waals surface area contributed by atoms with E-state index >= 15 is 0 Å². The average molecular weight is 237 g/mol. The molecule has 1 rings (SSSR count). The van der Waals surface area contributed by atoms with Crippen LogP contribution in [0.1, 0.15) is 32.5 Å². The Labute approximate surface area is 92.3 Å². The molecule has 0 radical (unpaired) electrons. The Morgan fingerprint density at radius 1 is 1.46 bits per heavy atom. The van der Waals surface area contributed by atoms with Crippen molar-refractivity contribution in [3.8, 4) is 0 Å². The molecule has 0 saturated heterocycles. The Kier molecular flexibility index (Phi) is 4.49. The first-order valence-corrected chi connectivity index (χ1v) is 6.38. The standard InChI is InChI=1S/C8H13ClN2S2/c1-5(2)7-10-8(13-11-7)12-6(3)4-9/h5-6H,4H2,1-3H3. The minimum Gasteiger partial charge on any atom is -0.213 e. The van der Waals surface area contributed by atoms with Crippen molar-refractivity contribution in [1.29, 1.82) is 0 Å². The normalized spacial score (nSPS) is 13.6. The van der Waals surface area contributed by atoms with Crippen LogP contribution in [0.2, 0.25) is 0 Å². The molecule has 1 heterocycles. The van der Waals surface area contributed by atoms with Crippen LogP contribution in [0.5, 0.6) is 0 Å². The second kappa shape index (κ2) is 5.17. The summed E-state index contributed by atoms with van der Waals surface area (Å²) in [5, 5.41) is 0.412. The van der Waals surface area contributed by atoms with Crippen LogP contribution in [-0.4, -0.2) is 20.5 Å². The van der Waals surface area contributed by atoms with Crippen molar-refractivity contribution in [1.82, 2.24) is 9.36 Å². The molecule has 0 aliphatic rings. The van der Waals surface area contributed by atoms with E-state index in [1.807, 2.05) is 0 Å². The molecule has 13 heavy (non-hydrogen) atoms. The van der Waals surface area contributed by atoms with Crippen molar-refractivity contribution >= 4 is 34.9 Å². The molecule has 0 amide bonds. The third-order valence-electron chi connectivity index (χ3n) is 1.46. The fourth-order valence-corrected chi connectivity index (χ4v) is 2.78. The Bertz CT molecular complexity index is 262. The van der Waals surface area contributed by atoms with Gasteiger partial charge in [0.1, 0.15) is 5.82 Å². The topological polar surface area (TPSA) is 25.8 Å². The van der Waals surface area contributed by atoms with Crippen LogP contribution < -0.4 is 0 Å². The lowest BCUT2D eigenvalue weighted by atomic mass is 10.2. The summed E-state index contributed by atoms with van der Waals surface area (Å²) in [6.45, 7) is 6.29. The Morgan fingerprint density at radius 2 is 2.15 bits per heavy atom. The number of hydrogen-bond donors (Lipinski definition) is 0. The second-order valence-electron chi connectivity index (χ2n) is 3.16. The fraction of sp³-hybridized carbons (Fsp3) is 0.750. The predicted molar refractivity (Wildman–Crippen MR) is 60.0 cm³/mol. The van der Waals surface area contributed by atoms with Crippen LogP contribution in [0.15, 0.2) is 4.34 Å². The molecule has 1 atom stereocenters. The number of nitrogens with zero attached hydrogens (tertiary/aromatic N) is 2. The summed E-state index contributed by atoms with van der Waals surface area (Å²) in [5.41, 5.74) is 0. The molecule has 1 aromatic heterocycles. The van der Waals surface area contributed by atoms with Gasteiger partial charge in [-0.05, 0) is 11.5 Å². The molecule has 0 aliphatic carbocycles. The van der Waals surface area contributed by atoms with Crippen LogP contribution in [0.25, 0.3) is 0 Å². The highest BCUT2D eigenvalue weighted by atomic mass is 35.5. The summed E-state index contributed by atoms with van der Waals surface area (Å²) in [7, 11) is 0. The third-order valence-corrected chi connectivity index (χ3v) is 4.00. The van der Waals surface area contributed by atoms with Crippen molar-refractivity contribution in [2.45, 2.75) is 36.3 Å². The van der Waals surface area contributed by atoms with E-state index in [4.69, 9.17) is 11.6 Å². The molecule has 0 aliphatic heterocycles. The molecule has 0 fully saturated rings. The Hall–Kier alpha value is 0.200. The molecular formula is C8H13ClN2S2. The van der Waals surface area contributed by atoms with E-state index in [9.17, 15) is 0 Å². The van der Waals surface area contributed by atoms with Gasteiger partial charge in [0.2, 0.25) is 0 Å². The molecule has 0 spiro atoms. The van der Waals surface area contributed by atoms with E-state index < -0.39 is 0 Å². The Balaban J connectivity index is 2.58. The molecule has 0 bridgehead atoms. The zero-order valence-electron chi connectivity index (χ0n) is 7.95. The average Bonchev–Trinajstić information content (AvgIpc) is 2.52. The van der Waals surface area contributed by atoms with E-state index in [-0.39, 0.29) is 0 Å². The van der Waals surface area contributed by atoms with Gasteiger partial charge in [-0.25, -0.2) is 4.98 Å². The number of thioether (sulfide) groups is 1. The Morgan fingerprint density at radius 3 is 2.62 bits per heavy atom. The van der Waals surface area contributed by atoms with Gasteiger partial charge < -0.3 is 0 Å². The van der Waals surface area contributed by atoms with E-state index in [0.29, 0.717) is 17.0 Å². The molecule has 1 unspecified atom stereocenters. The van der Waals surface area contributed by atoms with Crippen molar-refractivity contribution < 1.29 is 0 Å². The lowest BCUT2D eigenvalue weighted by molar-refractivity contribution is 0.789. The molecule has 5 heteroatoms. The van der Waals surface area contributed by atoms with Gasteiger partial charge in [0, 0.05) is 17.0 Å². The number of rotatable bonds is 4. The molecule has 2 nitrogen and oxygen atoms in total. The molecule has 0 saturated carbocycles. The monoisotopic (exact) mass is 236 g/mol. The maximum atomic E-state index is 5.71. The summed E-state index contributed by atoms with van der Waals surface area (Å²) in [4.78, 5) is 4.41. The summed E-state index contributed by atoms with van der Waals surface area (Å²) in [6.07, 6.45) is 0. The quantitative estimate of drug-likeness (QED) is 0.592. The first-order chi connectivity index (χ1) is 6.13. The van der Waals surface area contributed by atoms with Crippen molar-refractivity contribution in [3.05, 3.63) is 5.82 Å². The lowest BCUT2D eigenvalue weighted by Crippen LogP contribution is -1.96. The van der Waals surface area contributed by atoms with E-state index in [0.717, 1.165) is 10.2 Å². The second-order valence-corrected chi connectivity index (χ2v) is 5.90. The zero-order chi connectivity index (χ0) is 9.84. The molecule has 0 aromatic carbocycles. The van der Waals surface area contributed by atoms with Gasteiger partial charge in [-0.3, -0.25) is 0 Å². The highest BCUT2D eigenvalue weighted by Gasteiger charge is 2.10. The summed E-state index contributed by atoms with van der Waals surface area (Å²) >= 11 is 8.87. The smallest absolute Gasteiger partial charge is 0.170 e. The summed E-state index contributed by atoms with van der Waals surface area (Å²) < 4.78 is 5.29. The first-order valence-electron chi connectivity index (χ1n) is 4.19. The maximum Gasteiger partial charge on any atom is 0.170 e. The van der Waals surface area contributed by atoms with Crippen LogP contribution in [0.4, 0.5) is 0 Å². The van der Waals surface area contributed by atoms with Gasteiger partial charge in [-0.1, -0.05) is 32.5 Å². The number of hydrogen-bond acceptors (Lipinski definition) is 4. The van der Waals surface area contributed by atoms with Gasteiger partial charge in [0.15, 0.2) is 4.34 Å². The van der Waals surface area contributed by atoms with Gasteiger partial charge in [-0.15, -0.1) is 11.6 Å². The number of halogens is 1. The van der Waals surface area contributed by atoms with Gasteiger partial charge in [-0.2, -0.15) is 4.37 Å². The molecule has 1 aromatic rings. The van der Waals surface area contributed by atoms with E-state index in [1.165, 1.54) is 11.5 Å². The van der Waals surface area contributed by atoms with Gasteiger partial charge in [0.05, 0.1) is 0 Å². The van der Waals surface area contributed by atoms with Gasteiger partial charge >= 0.3 is 0 Å². The van der Waals surface area contributed by atoms with Crippen LogP contribution in [0, 0.1) is 0 Å². The highest BCUT2D eigenvalue weighted by Crippen LogP contribution is 2.27. The predicted octanol–water partition coefficient (Wildman–Crippen LogP) is 3.38. The summed E-state index contributed by atoms with van der Waals surface area (Å²) in [6, 6.07) is 0. The van der Waals surface area contributed by atoms with Crippen LogP contribution in [0.3, 0.4) is 0 Å². The minimum atomic E-state index is 0.412. The van der Waals surface area contributed by atoms with E-state index in [2.05, 4.69) is 30.1 Å². The third kappa shape index (κ3) is 3.44. The van der Waals surface area contributed by atoms with Crippen LogP contribution in [-0.2, 0) is 0 Å². The number of alkyl halides is 1. The highest BCUT2D eigenvalue weighted by molar-refractivity contribution is 8.01. The SMILES string of the molecule is CC(CCl)Sc1nc(C(C)C)ns1. The molecular weight excluding hydrogens is 224 g/mol. The fourth-order valence-electron chi connectivity index (χ4n) is 0.706. The molecule has 74 valence electrons. The first kappa shape index (κ1) is 11.3.